The molecule has 0 unspecified atom stereocenters. The minimum Gasteiger partial charge on any atom is -0.486 e. The Hall–Kier alpha value is -2.60. The first-order valence-corrected chi connectivity index (χ1v) is 7.24. The van der Waals surface area contributed by atoms with Gasteiger partial charge in [-0.05, 0) is 11.1 Å². The summed E-state index contributed by atoms with van der Waals surface area (Å²) >= 11 is 0. The van der Waals surface area contributed by atoms with Crippen LogP contribution in [0.5, 0.6) is 11.5 Å². The minimum atomic E-state index is 0.552. The van der Waals surface area contributed by atoms with E-state index in [1.165, 1.54) is 0 Å². The van der Waals surface area contributed by atoms with Crippen molar-refractivity contribution in [3.8, 4) is 11.5 Å². The maximum absolute atomic E-state index is 5.63. The van der Waals surface area contributed by atoms with Crippen LogP contribution in [0, 0.1) is 0 Å². The van der Waals surface area contributed by atoms with E-state index < -0.39 is 0 Å². The molecule has 2 heterocycles. The molecule has 0 spiro atoms. The molecule has 0 radical (unpaired) electrons. The zero-order valence-corrected chi connectivity index (χ0v) is 12.0. The van der Waals surface area contributed by atoms with Gasteiger partial charge in [0.25, 0.3) is 0 Å². The highest BCUT2D eigenvalue weighted by Crippen LogP contribution is 2.33. The van der Waals surface area contributed by atoms with E-state index in [-0.39, 0.29) is 0 Å². The van der Waals surface area contributed by atoms with Crippen molar-refractivity contribution in [2.75, 3.05) is 13.2 Å². The van der Waals surface area contributed by atoms with Gasteiger partial charge in [0.2, 0.25) is 0 Å². The second kappa shape index (κ2) is 5.31. The maximum Gasteiger partial charge on any atom is 0.163 e. The van der Waals surface area contributed by atoms with Crippen molar-refractivity contribution in [2.45, 2.75) is 13.1 Å². The average Bonchev–Trinajstić information content (AvgIpc) is 2.95. The van der Waals surface area contributed by atoms with Crippen LogP contribution in [0.25, 0.3) is 11.0 Å². The molecule has 1 aliphatic rings. The van der Waals surface area contributed by atoms with Crippen LogP contribution in [0.4, 0.5) is 0 Å². The van der Waals surface area contributed by atoms with Gasteiger partial charge in [-0.15, -0.1) is 5.10 Å². The van der Waals surface area contributed by atoms with E-state index >= 15 is 0 Å². The van der Waals surface area contributed by atoms with Gasteiger partial charge in [0.05, 0.1) is 12.1 Å². The van der Waals surface area contributed by atoms with Crippen LogP contribution < -0.4 is 15.2 Å². The quantitative estimate of drug-likeness (QED) is 0.796. The smallest absolute Gasteiger partial charge is 0.163 e. The zero-order chi connectivity index (χ0) is 14.9. The van der Waals surface area contributed by atoms with Crippen LogP contribution >= 0.6 is 0 Å². The van der Waals surface area contributed by atoms with E-state index in [2.05, 4.69) is 22.4 Å². The largest absolute Gasteiger partial charge is 0.486 e. The lowest BCUT2D eigenvalue weighted by atomic mass is 10.1. The summed E-state index contributed by atoms with van der Waals surface area (Å²) < 4.78 is 13.1. The number of aromatic nitrogens is 3. The number of benzene rings is 2. The second-order valence-electron chi connectivity index (χ2n) is 5.25. The van der Waals surface area contributed by atoms with Gasteiger partial charge in [-0.1, -0.05) is 29.5 Å². The molecule has 0 saturated carbocycles. The molecular weight excluding hydrogens is 280 g/mol. The van der Waals surface area contributed by atoms with Gasteiger partial charge < -0.3 is 15.2 Å². The number of nitrogens with zero attached hydrogens (tertiary/aromatic N) is 3. The van der Waals surface area contributed by atoms with Gasteiger partial charge in [0, 0.05) is 18.7 Å². The predicted octanol–water partition coefficient (Wildman–Crippen LogP) is 1.71. The summed E-state index contributed by atoms with van der Waals surface area (Å²) in [5, 5.41) is 8.45. The van der Waals surface area contributed by atoms with E-state index in [1.807, 2.05) is 28.9 Å². The maximum atomic E-state index is 5.63. The first-order chi connectivity index (χ1) is 10.8. The fraction of sp³-hybridized carbons (Fsp3) is 0.250. The van der Waals surface area contributed by atoms with E-state index in [0.717, 1.165) is 33.7 Å². The lowest BCUT2D eigenvalue weighted by Gasteiger charge is -2.18. The summed E-state index contributed by atoms with van der Waals surface area (Å²) in [5.41, 5.74) is 9.64. The molecule has 0 bridgehead atoms. The number of hydrogen-bond donors (Lipinski definition) is 1. The van der Waals surface area contributed by atoms with Crippen molar-refractivity contribution in [1.29, 1.82) is 0 Å². The van der Waals surface area contributed by atoms with E-state index in [4.69, 9.17) is 15.2 Å². The molecule has 0 fully saturated rings. The molecule has 0 atom stereocenters. The molecule has 3 aromatic rings. The Labute approximate surface area is 127 Å². The lowest BCUT2D eigenvalue weighted by Crippen LogP contribution is -2.15. The Bertz CT molecular complexity index is 811. The Kier molecular flexibility index (Phi) is 3.16. The molecule has 1 aliphatic heterocycles. The molecule has 112 valence electrons. The van der Waals surface area contributed by atoms with Gasteiger partial charge in [0.1, 0.15) is 18.7 Å². The highest BCUT2D eigenvalue weighted by Gasteiger charge is 2.16. The van der Waals surface area contributed by atoms with Crippen LogP contribution in [0.2, 0.25) is 0 Å². The SMILES string of the molecule is NCc1ccc(Cn2nnc3cc4c(cc32)OCCO4)cc1. The average molecular weight is 296 g/mol. The zero-order valence-electron chi connectivity index (χ0n) is 12.0. The van der Waals surface area contributed by atoms with Crippen LogP contribution in [-0.4, -0.2) is 28.2 Å². The standard InChI is InChI=1S/C16H16N4O2/c17-9-11-1-3-12(4-2-11)10-20-14-8-16-15(21-5-6-22-16)7-13(14)18-19-20/h1-4,7-8H,5-6,9-10,17H2. The molecule has 2 N–H and O–H groups in total. The minimum absolute atomic E-state index is 0.552. The fourth-order valence-corrected chi connectivity index (χ4v) is 2.57. The van der Waals surface area contributed by atoms with E-state index in [1.54, 1.807) is 0 Å². The second-order valence-corrected chi connectivity index (χ2v) is 5.25. The first kappa shape index (κ1) is 13.1. The number of nitrogens with two attached hydrogens (primary N) is 1. The number of hydrogen-bond acceptors (Lipinski definition) is 5. The molecular formula is C16H16N4O2. The first-order valence-electron chi connectivity index (χ1n) is 7.24. The summed E-state index contributed by atoms with van der Waals surface area (Å²) in [6.45, 7) is 2.35. The molecule has 6 nitrogen and oxygen atoms in total. The molecule has 6 heteroatoms. The molecule has 1 aromatic heterocycles. The summed E-state index contributed by atoms with van der Waals surface area (Å²) in [6.07, 6.45) is 0. The van der Waals surface area contributed by atoms with Crippen molar-refractivity contribution < 1.29 is 9.47 Å². The summed E-state index contributed by atoms with van der Waals surface area (Å²) in [6, 6.07) is 12.0. The predicted molar refractivity (Wildman–Crippen MR) is 82.0 cm³/mol. The van der Waals surface area contributed by atoms with Gasteiger partial charge in [-0.2, -0.15) is 0 Å². The van der Waals surface area contributed by atoms with Gasteiger partial charge in [-0.25, -0.2) is 4.68 Å². The molecule has 2 aromatic carbocycles. The summed E-state index contributed by atoms with van der Waals surface area (Å²) in [4.78, 5) is 0. The van der Waals surface area contributed by atoms with Crippen LogP contribution in [-0.2, 0) is 13.1 Å². The van der Waals surface area contributed by atoms with Gasteiger partial charge >= 0.3 is 0 Å². The Morgan fingerprint density at radius 2 is 1.68 bits per heavy atom. The number of fused-ring (bicyclic) bond motifs is 2. The van der Waals surface area contributed by atoms with Crippen LogP contribution in [0.15, 0.2) is 36.4 Å². The molecule has 0 amide bonds. The van der Waals surface area contributed by atoms with Crippen molar-refractivity contribution in [3.63, 3.8) is 0 Å². The van der Waals surface area contributed by atoms with Crippen molar-refractivity contribution in [3.05, 3.63) is 47.5 Å². The van der Waals surface area contributed by atoms with Crippen LogP contribution in [0.3, 0.4) is 0 Å². The van der Waals surface area contributed by atoms with Gasteiger partial charge in [0.15, 0.2) is 11.5 Å². The van der Waals surface area contributed by atoms with E-state index in [9.17, 15) is 0 Å². The van der Waals surface area contributed by atoms with Gasteiger partial charge in [-0.3, -0.25) is 0 Å². The summed E-state index contributed by atoms with van der Waals surface area (Å²) in [5.74, 6) is 1.49. The molecule has 22 heavy (non-hydrogen) atoms. The van der Waals surface area contributed by atoms with E-state index in [0.29, 0.717) is 26.3 Å². The Morgan fingerprint density at radius 1 is 1.00 bits per heavy atom. The third-order valence-electron chi connectivity index (χ3n) is 3.77. The van der Waals surface area contributed by atoms with Crippen LogP contribution in [0.1, 0.15) is 11.1 Å². The highest BCUT2D eigenvalue weighted by molar-refractivity contribution is 5.79. The fourth-order valence-electron chi connectivity index (χ4n) is 2.57. The topological polar surface area (TPSA) is 75.2 Å². The Morgan fingerprint density at radius 3 is 2.41 bits per heavy atom. The van der Waals surface area contributed by atoms with Crippen molar-refractivity contribution in [1.82, 2.24) is 15.0 Å². The molecule has 0 saturated heterocycles. The Balaban J connectivity index is 1.69. The normalized spacial score (nSPS) is 13.5. The van der Waals surface area contributed by atoms with Crippen molar-refractivity contribution >= 4 is 11.0 Å². The monoisotopic (exact) mass is 296 g/mol. The lowest BCUT2D eigenvalue weighted by molar-refractivity contribution is 0.172. The third-order valence-corrected chi connectivity index (χ3v) is 3.77. The molecule has 0 aliphatic carbocycles. The summed E-state index contributed by atoms with van der Waals surface area (Å²) in [7, 11) is 0. The third kappa shape index (κ3) is 2.27. The number of ether oxygens (including phenoxy) is 2. The number of rotatable bonds is 3. The highest BCUT2D eigenvalue weighted by atomic mass is 16.6. The van der Waals surface area contributed by atoms with Crippen molar-refractivity contribution in [2.24, 2.45) is 5.73 Å². The molecule has 4 rings (SSSR count).